The van der Waals surface area contributed by atoms with Gasteiger partial charge >= 0.3 is 0 Å². The number of nitrogens with zero attached hydrogens (tertiary/aromatic N) is 1. The largest absolute Gasteiger partial charge is 0.298 e. The minimum absolute atomic E-state index is 0.549. The number of aliphatic imine (C=N–C) groups is 1. The highest BCUT2D eigenvalue weighted by molar-refractivity contribution is 5.24. The lowest BCUT2D eigenvalue weighted by atomic mass is 9.69. The van der Waals surface area contributed by atoms with E-state index >= 15 is 0 Å². The summed E-state index contributed by atoms with van der Waals surface area (Å²) in [6.07, 6.45) is 22.3. The average Bonchev–Trinajstić information content (AvgIpc) is 2.61. The Morgan fingerprint density at radius 2 is 1.09 bits per heavy atom. The van der Waals surface area contributed by atoms with Gasteiger partial charge in [-0.25, -0.2) is 0 Å². The van der Waals surface area contributed by atoms with Crippen LogP contribution in [0.15, 0.2) is 17.1 Å². The molecule has 1 heteroatoms. The second-order valence-electron chi connectivity index (χ2n) is 8.83. The lowest BCUT2D eigenvalue weighted by molar-refractivity contribution is 0.160. The van der Waals surface area contributed by atoms with Gasteiger partial charge in [0.25, 0.3) is 0 Å². The Bertz CT molecular complexity index is 375. The highest BCUT2D eigenvalue weighted by atomic mass is 14.7. The summed E-state index contributed by atoms with van der Waals surface area (Å²) in [5, 5.41) is 0. The van der Waals surface area contributed by atoms with E-state index in [9.17, 15) is 0 Å². The fraction of sp³-hybridized carbons (Fsp3) is 0.864. The average molecular weight is 316 g/mol. The predicted octanol–water partition coefficient (Wildman–Crippen LogP) is 6.43. The van der Waals surface area contributed by atoms with Gasteiger partial charge in [-0.3, -0.25) is 4.99 Å². The molecule has 0 aromatic rings. The molecule has 3 aliphatic rings. The highest BCUT2D eigenvalue weighted by Crippen LogP contribution is 2.41. The van der Waals surface area contributed by atoms with E-state index in [0.717, 1.165) is 29.6 Å². The molecule has 0 aromatic carbocycles. The van der Waals surface area contributed by atoms with Crippen LogP contribution < -0.4 is 0 Å². The second-order valence-corrected chi connectivity index (χ2v) is 8.83. The number of rotatable bonds is 4. The minimum atomic E-state index is 0.549. The third kappa shape index (κ3) is 4.94. The van der Waals surface area contributed by atoms with Gasteiger partial charge in [-0.05, 0) is 101 Å². The van der Waals surface area contributed by atoms with Crippen LogP contribution in [0.25, 0.3) is 0 Å². The Balaban J connectivity index is 1.37. The summed E-state index contributed by atoms with van der Waals surface area (Å²) in [6, 6.07) is 0.549. The van der Waals surface area contributed by atoms with Crippen LogP contribution in [0.5, 0.6) is 0 Å². The van der Waals surface area contributed by atoms with Crippen LogP contribution >= 0.6 is 0 Å². The smallest absolute Gasteiger partial charge is 0.0492 e. The molecule has 1 nitrogen and oxygen atoms in total. The fourth-order valence-electron chi connectivity index (χ4n) is 5.36. The molecule has 0 bridgehead atoms. The molecule has 23 heavy (non-hydrogen) atoms. The van der Waals surface area contributed by atoms with E-state index in [-0.39, 0.29) is 0 Å². The summed E-state index contributed by atoms with van der Waals surface area (Å²) >= 11 is 0. The van der Waals surface area contributed by atoms with Crippen LogP contribution in [0.4, 0.5) is 0 Å². The Labute approximate surface area is 144 Å². The van der Waals surface area contributed by atoms with Crippen LogP contribution in [-0.2, 0) is 0 Å². The zero-order valence-corrected chi connectivity index (χ0v) is 15.3. The van der Waals surface area contributed by atoms with Crippen LogP contribution in [-0.4, -0.2) is 12.8 Å². The van der Waals surface area contributed by atoms with E-state index in [0.29, 0.717) is 6.04 Å². The van der Waals surface area contributed by atoms with Gasteiger partial charge in [0.15, 0.2) is 0 Å². The Morgan fingerprint density at radius 3 is 1.57 bits per heavy atom. The van der Waals surface area contributed by atoms with Gasteiger partial charge in [-0.2, -0.15) is 0 Å². The summed E-state index contributed by atoms with van der Waals surface area (Å²) in [5.74, 6) is 4.82. The molecule has 130 valence electrons. The van der Waals surface area contributed by atoms with Gasteiger partial charge in [0, 0.05) is 6.04 Å². The molecule has 0 atom stereocenters. The van der Waals surface area contributed by atoms with E-state index in [1.54, 1.807) is 0 Å². The van der Waals surface area contributed by atoms with Crippen molar-refractivity contribution in [2.45, 2.75) is 90.0 Å². The van der Waals surface area contributed by atoms with Crippen molar-refractivity contribution in [3.05, 3.63) is 12.2 Å². The van der Waals surface area contributed by atoms with Crippen molar-refractivity contribution in [1.29, 1.82) is 0 Å². The fourth-order valence-corrected chi connectivity index (χ4v) is 5.36. The maximum absolute atomic E-state index is 4.22. The normalized spacial score (nSPS) is 42.7. The molecule has 0 N–H and O–H groups in total. The standard InChI is InChI=1S/C22H37N/c1-17-3-11-20(12-4-17)21-13-7-18(8-14-21)5-6-19-9-15-22(23-2)16-10-19/h5-6,17-22H,2-4,7-16H2,1H3/b6-5+. The van der Waals surface area contributed by atoms with E-state index < -0.39 is 0 Å². The number of hydrogen-bond acceptors (Lipinski definition) is 1. The van der Waals surface area contributed by atoms with Gasteiger partial charge in [-0.15, -0.1) is 0 Å². The first-order valence-electron chi connectivity index (χ1n) is 10.4. The van der Waals surface area contributed by atoms with Crippen molar-refractivity contribution in [3.8, 4) is 0 Å². The van der Waals surface area contributed by atoms with Crippen molar-refractivity contribution < 1.29 is 0 Å². The molecule has 0 unspecified atom stereocenters. The zero-order valence-electron chi connectivity index (χ0n) is 15.3. The summed E-state index contributed by atoms with van der Waals surface area (Å²) in [5.41, 5.74) is 0. The lowest BCUT2D eigenvalue weighted by Gasteiger charge is -2.36. The van der Waals surface area contributed by atoms with E-state index in [2.05, 4.69) is 30.8 Å². The summed E-state index contributed by atoms with van der Waals surface area (Å²) < 4.78 is 0. The maximum atomic E-state index is 4.22. The molecular formula is C22H37N. The minimum Gasteiger partial charge on any atom is -0.298 e. The number of hydrogen-bond donors (Lipinski definition) is 0. The molecule has 0 saturated heterocycles. The number of allylic oxidation sites excluding steroid dienone is 2. The Kier molecular flexibility index (Phi) is 6.36. The van der Waals surface area contributed by atoms with Crippen molar-refractivity contribution in [2.24, 2.45) is 34.6 Å². The first-order chi connectivity index (χ1) is 11.2. The zero-order chi connectivity index (χ0) is 16.1. The third-order valence-corrected chi connectivity index (χ3v) is 7.20. The molecule has 0 aliphatic heterocycles. The van der Waals surface area contributed by atoms with Crippen LogP contribution in [0.1, 0.15) is 84.0 Å². The van der Waals surface area contributed by atoms with Crippen molar-refractivity contribution in [2.75, 3.05) is 0 Å². The van der Waals surface area contributed by atoms with Gasteiger partial charge in [0.2, 0.25) is 0 Å². The van der Waals surface area contributed by atoms with Crippen LogP contribution in [0, 0.1) is 29.6 Å². The highest BCUT2D eigenvalue weighted by Gasteiger charge is 2.29. The Hall–Kier alpha value is -0.590. The lowest BCUT2D eigenvalue weighted by Crippen LogP contribution is -2.25. The Morgan fingerprint density at radius 1 is 0.652 bits per heavy atom. The van der Waals surface area contributed by atoms with Crippen molar-refractivity contribution in [3.63, 3.8) is 0 Å². The monoisotopic (exact) mass is 315 g/mol. The van der Waals surface area contributed by atoms with Crippen LogP contribution in [0.3, 0.4) is 0 Å². The molecule has 3 rings (SSSR count). The predicted molar refractivity (Wildman–Crippen MR) is 101 cm³/mol. The van der Waals surface area contributed by atoms with E-state index in [1.807, 2.05) is 0 Å². The molecule has 3 saturated carbocycles. The summed E-state index contributed by atoms with van der Waals surface area (Å²) in [7, 11) is 0. The second kappa shape index (κ2) is 8.49. The van der Waals surface area contributed by atoms with E-state index in [4.69, 9.17) is 0 Å². The first-order valence-corrected chi connectivity index (χ1v) is 10.4. The third-order valence-electron chi connectivity index (χ3n) is 7.20. The molecule has 0 spiro atoms. The molecular weight excluding hydrogens is 278 g/mol. The molecule has 3 aliphatic carbocycles. The quantitative estimate of drug-likeness (QED) is 0.418. The van der Waals surface area contributed by atoms with Gasteiger partial charge in [0.05, 0.1) is 0 Å². The molecule has 0 amide bonds. The van der Waals surface area contributed by atoms with Gasteiger partial charge in [-0.1, -0.05) is 31.9 Å². The van der Waals surface area contributed by atoms with Crippen LogP contribution in [0.2, 0.25) is 0 Å². The van der Waals surface area contributed by atoms with Gasteiger partial charge in [0.1, 0.15) is 0 Å². The molecule has 0 aromatic heterocycles. The molecule has 3 fully saturated rings. The topological polar surface area (TPSA) is 12.4 Å². The first kappa shape index (κ1) is 17.2. The SMILES string of the molecule is C=NC1CCC(/C=C/C2CCC(C3CCC(C)CC3)CC2)CC1. The summed E-state index contributed by atoms with van der Waals surface area (Å²) in [6.45, 7) is 6.15. The molecule has 0 heterocycles. The van der Waals surface area contributed by atoms with Gasteiger partial charge < -0.3 is 0 Å². The molecule has 0 radical (unpaired) electrons. The van der Waals surface area contributed by atoms with Crippen molar-refractivity contribution in [1.82, 2.24) is 0 Å². The van der Waals surface area contributed by atoms with Crippen molar-refractivity contribution >= 4 is 6.72 Å². The maximum Gasteiger partial charge on any atom is 0.0492 e. The summed E-state index contributed by atoms with van der Waals surface area (Å²) in [4.78, 5) is 4.22. The van der Waals surface area contributed by atoms with E-state index in [1.165, 1.54) is 77.0 Å².